The van der Waals surface area contributed by atoms with E-state index in [9.17, 15) is 4.79 Å². The fourth-order valence-corrected chi connectivity index (χ4v) is 5.55. The van der Waals surface area contributed by atoms with Crippen LogP contribution in [0.25, 0.3) is 0 Å². The van der Waals surface area contributed by atoms with Crippen LogP contribution >= 0.6 is 0 Å². The molecular weight excluding hydrogens is 224 g/mol. The number of nitrogens with one attached hydrogen (secondary N) is 1. The monoisotopic (exact) mass is 248 g/mol. The summed E-state index contributed by atoms with van der Waals surface area (Å²) in [5.41, 5.74) is 0.231. The molecule has 1 N–H and O–H groups in total. The van der Waals surface area contributed by atoms with Crippen molar-refractivity contribution in [3.05, 3.63) is 0 Å². The Hall–Kier alpha value is -0.570. The van der Waals surface area contributed by atoms with Gasteiger partial charge in [0.1, 0.15) is 0 Å². The first-order valence-corrected chi connectivity index (χ1v) is 7.78. The first kappa shape index (κ1) is 11.3. The van der Waals surface area contributed by atoms with Crippen LogP contribution in [0.4, 0.5) is 0 Å². The molecule has 0 aromatic rings. The van der Waals surface area contributed by atoms with Crippen LogP contribution in [0.1, 0.15) is 45.4 Å². The minimum Gasteiger partial charge on any atom is -0.349 e. The minimum absolute atomic E-state index is 0.168. The number of hydrogen-bond donors (Lipinski definition) is 1. The summed E-state index contributed by atoms with van der Waals surface area (Å²) in [4.78, 5) is 14.9. The molecule has 5 aliphatic rings. The molecule has 18 heavy (non-hydrogen) atoms. The molecule has 5 fully saturated rings. The van der Waals surface area contributed by atoms with E-state index >= 15 is 0 Å². The molecule has 5 rings (SSSR count). The molecular formula is C15H24N2O. The molecule has 1 heterocycles. The molecule has 3 atom stereocenters. The molecule has 0 radical (unpaired) electrons. The molecule has 0 spiro atoms. The number of hydrogen-bond acceptors (Lipinski definition) is 2. The van der Waals surface area contributed by atoms with E-state index in [0.29, 0.717) is 5.91 Å². The fraction of sp³-hybridized carbons (Fsp3) is 0.933. The lowest BCUT2D eigenvalue weighted by atomic mass is 9.90. The van der Waals surface area contributed by atoms with Crippen molar-refractivity contribution < 1.29 is 4.79 Å². The molecule has 3 heteroatoms. The maximum atomic E-state index is 12.6. The zero-order valence-corrected chi connectivity index (χ0v) is 11.3. The van der Waals surface area contributed by atoms with Gasteiger partial charge in [-0.2, -0.15) is 0 Å². The summed E-state index contributed by atoms with van der Waals surface area (Å²) in [6, 6.07) is 0.168. The third-order valence-corrected chi connectivity index (χ3v) is 6.32. The Morgan fingerprint density at radius 2 is 2.06 bits per heavy atom. The summed E-state index contributed by atoms with van der Waals surface area (Å²) in [5.74, 6) is 3.04. The van der Waals surface area contributed by atoms with Crippen molar-refractivity contribution in [3.63, 3.8) is 0 Å². The van der Waals surface area contributed by atoms with Crippen LogP contribution in [0.2, 0.25) is 0 Å². The highest BCUT2D eigenvalue weighted by Crippen LogP contribution is 2.65. The zero-order chi connectivity index (χ0) is 12.3. The largest absolute Gasteiger partial charge is 0.349 e. The molecule has 4 saturated carbocycles. The Morgan fingerprint density at radius 1 is 1.33 bits per heavy atom. The first-order chi connectivity index (χ1) is 8.72. The Labute approximate surface area is 109 Å². The van der Waals surface area contributed by atoms with Gasteiger partial charge in [0.15, 0.2) is 0 Å². The second-order valence-electron chi connectivity index (χ2n) is 7.03. The lowest BCUT2D eigenvalue weighted by molar-refractivity contribution is -0.127. The summed E-state index contributed by atoms with van der Waals surface area (Å²) in [6.45, 7) is 4.29. The van der Waals surface area contributed by atoms with Gasteiger partial charge in [-0.25, -0.2) is 0 Å². The number of likely N-dealkylation sites (tertiary alicyclic amines) is 1. The molecule has 0 aromatic carbocycles. The molecule has 2 unspecified atom stereocenters. The third kappa shape index (κ3) is 1.37. The van der Waals surface area contributed by atoms with Gasteiger partial charge in [-0.3, -0.25) is 9.69 Å². The van der Waals surface area contributed by atoms with Gasteiger partial charge in [0, 0.05) is 5.54 Å². The third-order valence-electron chi connectivity index (χ3n) is 6.32. The van der Waals surface area contributed by atoms with Crippen molar-refractivity contribution in [2.24, 2.45) is 17.8 Å². The zero-order valence-electron chi connectivity index (χ0n) is 11.3. The van der Waals surface area contributed by atoms with E-state index in [2.05, 4.69) is 17.1 Å². The number of carbonyl (C=O) groups excluding carboxylic acids is 1. The van der Waals surface area contributed by atoms with Crippen LogP contribution in [0.15, 0.2) is 0 Å². The van der Waals surface area contributed by atoms with Gasteiger partial charge in [-0.05, 0) is 69.4 Å². The van der Waals surface area contributed by atoms with Crippen LogP contribution in [0.5, 0.6) is 0 Å². The van der Waals surface area contributed by atoms with E-state index in [-0.39, 0.29) is 11.6 Å². The van der Waals surface area contributed by atoms with Gasteiger partial charge < -0.3 is 5.32 Å². The predicted molar refractivity (Wildman–Crippen MR) is 70.1 cm³/mol. The van der Waals surface area contributed by atoms with Crippen molar-refractivity contribution in [2.45, 2.75) is 57.0 Å². The highest BCUT2D eigenvalue weighted by Gasteiger charge is 2.63. The Morgan fingerprint density at radius 3 is 2.61 bits per heavy atom. The second-order valence-corrected chi connectivity index (χ2v) is 7.03. The number of rotatable bonds is 3. The smallest absolute Gasteiger partial charge is 0.237 e. The number of likely N-dealkylation sites (N-methyl/N-ethyl adjacent to an activating group) is 1. The topological polar surface area (TPSA) is 32.3 Å². The maximum Gasteiger partial charge on any atom is 0.237 e. The maximum absolute atomic E-state index is 12.6. The minimum atomic E-state index is 0.168. The van der Waals surface area contributed by atoms with Gasteiger partial charge in [0.05, 0.1) is 6.04 Å². The van der Waals surface area contributed by atoms with E-state index in [1.165, 1.54) is 32.1 Å². The SMILES string of the molecule is CCN1CCC[C@@H]1C(=O)NC12CC3CC1CC3C2. The second kappa shape index (κ2) is 3.72. The lowest BCUT2D eigenvalue weighted by Gasteiger charge is -2.33. The quantitative estimate of drug-likeness (QED) is 0.825. The van der Waals surface area contributed by atoms with Crippen LogP contribution in [0, 0.1) is 17.8 Å². The van der Waals surface area contributed by atoms with Crippen molar-refractivity contribution in [1.29, 1.82) is 0 Å². The van der Waals surface area contributed by atoms with Gasteiger partial charge in [-0.15, -0.1) is 0 Å². The van der Waals surface area contributed by atoms with Gasteiger partial charge >= 0.3 is 0 Å². The number of carbonyl (C=O) groups is 1. The van der Waals surface area contributed by atoms with E-state index in [1.54, 1.807) is 0 Å². The Kier molecular flexibility index (Phi) is 2.33. The van der Waals surface area contributed by atoms with Crippen molar-refractivity contribution in [3.8, 4) is 0 Å². The first-order valence-electron chi connectivity index (χ1n) is 7.78. The number of nitrogens with zero attached hydrogens (tertiary/aromatic N) is 1. The van der Waals surface area contributed by atoms with Crippen molar-refractivity contribution >= 4 is 5.91 Å². The normalized spacial score (nSPS) is 49.4. The van der Waals surface area contributed by atoms with Crippen LogP contribution in [-0.4, -0.2) is 35.5 Å². The van der Waals surface area contributed by atoms with Crippen LogP contribution in [0.3, 0.4) is 0 Å². The van der Waals surface area contributed by atoms with Gasteiger partial charge in [-0.1, -0.05) is 6.92 Å². The molecule has 1 saturated heterocycles. The number of amides is 1. The van der Waals surface area contributed by atoms with Crippen molar-refractivity contribution in [2.75, 3.05) is 13.1 Å². The van der Waals surface area contributed by atoms with E-state index < -0.39 is 0 Å². The molecule has 0 aromatic heterocycles. The van der Waals surface area contributed by atoms with E-state index in [1.807, 2.05) is 0 Å². The van der Waals surface area contributed by atoms with Crippen LogP contribution in [-0.2, 0) is 4.79 Å². The summed E-state index contributed by atoms with van der Waals surface area (Å²) in [6.07, 6.45) is 7.61. The summed E-state index contributed by atoms with van der Waals surface area (Å²) >= 11 is 0. The molecule has 100 valence electrons. The molecule has 4 aliphatic carbocycles. The fourth-order valence-electron chi connectivity index (χ4n) is 5.55. The Balaban J connectivity index is 1.47. The molecule has 1 aliphatic heterocycles. The van der Waals surface area contributed by atoms with E-state index in [4.69, 9.17) is 0 Å². The Bertz CT molecular complexity index is 367. The highest BCUT2D eigenvalue weighted by molar-refractivity contribution is 5.83. The van der Waals surface area contributed by atoms with Gasteiger partial charge in [0.25, 0.3) is 0 Å². The lowest BCUT2D eigenvalue weighted by Crippen LogP contribution is -2.54. The van der Waals surface area contributed by atoms with E-state index in [0.717, 1.165) is 37.3 Å². The summed E-state index contributed by atoms with van der Waals surface area (Å²) < 4.78 is 0. The molecule has 1 amide bonds. The standard InChI is InChI=1S/C15H24N2O/c1-2-17-5-3-4-13(17)14(18)16-15-8-10-6-12(15)7-11(10)9-15/h10-13H,2-9H2,1H3,(H,16,18)/t10?,11?,12?,13-,15?/m1/s1. The van der Waals surface area contributed by atoms with Crippen molar-refractivity contribution in [1.82, 2.24) is 10.2 Å². The summed E-state index contributed by atoms with van der Waals surface area (Å²) in [7, 11) is 0. The molecule has 3 nitrogen and oxygen atoms in total. The average molecular weight is 248 g/mol. The summed E-state index contributed by atoms with van der Waals surface area (Å²) in [5, 5.41) is 3.50. The molecule has 4 bridgehead atoms. The highest BCUT2D eigenvalue weighted by atomic mass is 16.2. The average Bonchev–Trinajstić information content (AvgIpc) is 3.09. The van der Waals surface area contributed by atoms with Gasteiger partial charge in [0.2, 0.25) is 5.91 Å². The van der Waals surface area contributed by atoms with Crippen LogP contribution < -0.4 is 5.32 Å². The predicted octanol–water partition coefficient (Wildman–Crippen LogP) is 1.78.